The fourth-order valence-corrected chi connectivity index (χ4v) is 2.26. The van der Waals surface area contributed by atoms with E-state index in [-0.39, 0.29) is 11.9 Å². The summed E-state index contributed by atoms with van der Waals surface area (Å²) >= 11 is 3.40. The molecule has 0 spiro atoms. The van der Waals surface area contributed by atoms with Crippen molar-refractivity contribution >= 4 is 27.5 Å². The van der Waals surface area contributed by atoms with E-state index in [9.17, 15) is 4.79 Å². The van der Waals surface area contributed by atoms with Crippen LogP contribution in [0.3, 0.4) is 0 Å². The van der Waals surface area contributed by atoms with Crippen molar-refractivity contribution in [2.24, 2.45) is 0 Å². The van der Waals surface area contributed by atoms with E-state index in [1.54, 1.807) is 0 Å². The van der Waals surface area contributed by atoms with Crippen LogP contribution in [0, 0.1) is 0 Å². The van der Waals surface area contributed by atoms with Gasteiger partial charge in [0.1, 0.15) is 0 Å². The molecule has 0 radical (unpaired) electrons. The quantitative estimate of drug-likeness (QED) is 0.851. The Balaban J connectivity index is 2.05. The van der Waals surface area contributed by atoms with E-state index in [0.29, 0.717) is 12.1 Å². The van der Waals surface area contributed by atoms with Crippen LogP contribution in [0.15, 0.2) is 53.0 Å². The number of carbonyl (C=O) groups is 1. The predicted octanol–water partition coefficient (Wildman–Crippen LogP) is 4.20. The Hall–Kier alpha value is -1.81. The number of nitrogens with one attached hydrogen (secondary N) is 2. The van der Waals surface area contributed by atoms with Crippen molar-refractivity contribution in [1.82, 2.24) is 5.32 Å². The molecule has 0 unspecified atom stereocenters. The first-order valence-electron chi connectivity index (χ1n) is 6.94. The summed E-state index contributed by atoms with van der Waals surface area (Å²) in [6.45, 7) is 4.62. The Kier molecular flexibility index (Phi) is 5.39. The Bertz CT molecular complexity index is 608. The second-order valence-electron chi connectivity index (χ2n) is 5.15. The molecule has 0 bridgehead atoms. The van der Waals surface area contributed by atoms with Crippen molar-refractivity contribution in [2.45, 2.75) is 26.4 Å². The first kappa shape index (κ1) is 15.6. The fourth-order valence-electron chi connectivity index (χ4n) is 2.00. The van der Waals surface area contributed by atoms with Crippen LogP contribution in [0.1, 0.15) is 29.8 Å². The summed E-state index contributed by atoms with van der Waals surface area (Å²) in [5.41, 5.74) is 2.60. The fraction of sp³-hybridized carbons (Fsp3) is 0.235. The van der Waals surface area contributed by atoms with Gasteiger partial charge in [0.15, 0.2) is 0 Å². The molecule has 0 atom stereocenters. The third-order valence-corrected chi connectivity index (χ3v) is 3.51. The predicted molar refractivity (Wildman–Crippen MR) is 90.5 cm³/mol. The Morgan fingerprint density at radius 1 is 1.10 bits per heavy atom. The van der Waals surface area contributed by atoms with Gasteiger partial charge in [-0.1, -0.05) is 40.2 Å². The molecule has 0 aliphatic carbocycles. The Morgan fingerprint density at radius 3 is 2.43 bits per heavy atom. The monoisotopic (exact) mass is 346 g/mol. The molecule has 110 valence electrons. The zero-order valence-corrected chi connectivity index (χ0v) is 13.8. The van der Waals surface area contributed by atoms with Crippen LogP contribution in [0.25, 0.3) is 0 Å². The van der Waals surface area contributed by atoms with Crippen molar-refractivity contribution in [2.75, 3.05) is 5.32 Å². The first-order chi connectivity index (χ1) is 10.1. The summed E-state index contributed by atoms with van der Waals surface area (Å²) in [5.74, 6) is -0.0679. The molecule has 0 aliphatic heterocycles. The zero-order chi connectivity index (χ0) is 15.2. The zero-order valence-electron chi connectivity index (χ0n) is 12.2. The lowest BCUT2D eigenvalue weighted by molar-refractivity contribution is 0.0951. The largest absolute Gasteiger partial charge is 0.382 e. The summed E-state index contributed by atoms with van der Waals surface area (Å²) in [4.78, 5) is 12.3. The van der Waals surface area contributed by atoms with E-state index >= 15 is 0 Å². The lowest BCUT2D eigenvalue weighted by Crippen LogP contribution is -2.24. The maximum Gasteiger partial charge on any atom is 0.253 e. The van der Waals surface area contributed by atoms with Crippen molar-refractivity contribution in [1.29, 1.82) is 0 Å². The van der Waals surface area contributed by atoms with Gasteiger partial charge in [0.05, 0.1) is 5.56 Å². The van der Waals surface area contributed by atoms with E-state index in [1.807, 2.05) is 48.5 Å². The molecule has 3 nitrogen and oxygen atoms in total. The molecule has 2 aromatic carbocycles. The Morgan fingerprint density at radius 2 is 1.76 bits per heavy atom. The SMILES string of the molecule is CC(C)Nc1ccccc1C(=O)NCc1ccc(Br)cc1. The minimum atomic E-state index is -0.0679. The third-order valence-electron chi connectivity index (χ3n) is 2.98. The highest BCUT2D eigenvalue weighted by atomic mass is 79.9. The van der Waals surface area contributed by atoms with Gasteiger partial charge in [-0.25, -0.2) is 0 Å². The highest BCUT2D eigenvalue weighted by molar-refractivity contribution is 9.10. The van der Waals surface area contributed by atoms with E-state index in [2.05, 4.69) is 40.4 Å². The van der Waals surface area contributed by atoms with Gasteiger partial charge < -0.3 is 10.6 Å². The number of rotatable bonds is 5. The minimum absolute atomic E-state index is 0.0679. The average Bonchev–Trinajstić information content (AvgIpc) is 2.46. The van der Waals surface area contributed by atoms with Crippen molar-refractivity contribution in [3.63, 3.8) is 0 Å². The number of hydrogen-bond acceptors (Lipinski definition) is 2. The lowest BCUT2D eigenvalue weighted by atomic mass is 10.1. The molecule has 21 heavy (non-hydrogen) atoms. The summed E-state index contributed by atoms with van der Waals surface area (Å²) in [6.07, 6.45) is 0. The summed E-state index contributed by atoms with van der Waals surface area (Å²) in [5, 5.41) is 6.25. The van der Waals surface area contributed by atoms with E-state index in [4.69, 9.17) is 0 Å². The number of halogens is 1. The van der Waals surface area contributed by atoms with Gasteiger partial charge in [-0.15, -0.1) is 0 Å². The smallest absolute Gasteiger partial charge is 0.253 e. The molecule has 0 saturated carbocycles. The highest BCUT2D eigenvalue weighted by Gasteiger charge is 2.11. The van der Waals surface area contributed by atoms with Gasteiger partial charge in [0.25, 0.3) is 5.91 Å². The topological polar surface area (TPSA) is 41.1 Å². The molecule has 1 amide bonds. The molecule has 2 aromatic rings. The number of anilines is 1. The molecular weight excluding hydrogens is 328 g/mol. The molecular formula is C17H19BrN2O. The van der Waals surface area contributed by atoms with Crippen LogP contribution < -0.4 is 10.6 Å². The van der Waals surface area contributed by atoms with Crippen LogP contribution in [-0.2, 0) is 6.54 Å². The maximum absolute atomic E-state index is 12.3. The van der Waals surface area contributed by atoms with Crippen molar-refractivity contribution < 1.29 is 4.79 Å². The molecule has 2 N–H and O–H groups in total. The summed E-state index contributed by atoms with van der Waals surface area (Å²) < 4.78 is 1.03. The number of amides is 1. The van der Waals surface area contributed by atoms with Crippen LogP contribution in [-0.4, -0.2) is 11.9 Å². The van der Waals surface area contributed by atoms with Crippen LogP contribution in [0.4, 0.5) is 5.69 Å². The second kappa shape index (κ2) is 7.27. The molecule has 0 aromatic heterocycles. The van der Waals surface area contributed by atoms with Crippen molar-refractivity contribution in [3.8, 4) is 0 Å². The third kappa shape index (κ3) is 4.60. The number of benzene rings is 2. The van der Waals surface area contributed by atoms with Gasteiger partial charge in [0, 0.05) is 22.7 Å². The molecule has 4 heteroatoms. The van der Waals surface area contributed by atoms with Gasteiger partial charge in [0.2, 0.25) is 0 Å². The maximum atomic E-state index is 12.3. The minimum Gasteiger partial charge on any atom is -0.382 e. The average molecular weight is 347 g/mol. The van der Waals surface area contributed by atoms with Gasteiger partial charge in [-0.05, 0) is 43.7 Å². The first-order valence-corrected chi connectivity index (χ1v) is 7.74. The molecule has 0 heterocycles. The van der Waals surface area contributed by atoms with E-state index in [0.717, 1.165) is 15.7 Å². The molecule has 2 rings (SSSR count). The van der Waals surface area contributed by atoms with Gasteiger partial charge in [-0.3, -0.25) is 4.79 Å². The summed E-state index contributed by atoms with van der Waals surface area (Å²) in [6, 6.07) is 15.8. The number of para-hydroxylation sites is 1. The molecule has 0 fully saturated rings. The normalized spacial score (nSPS) is 10.5. The lowest BCUT2D eigenvalue weighted by Gasteiger charge is -2.14. The van der Waals surface area contributed by atoms with Crippen LogP contribution >= 0.6 is 15.9 Å². The molecule has 0 saturated heterocycles. The number of hydrogen-bond donors (Lipinski definition) is 2. The van der Waals surface area contributed by atoms with Gasteiger partial charge >= 0.3 is 0 Å². The Labute approximate surface area is 133 Å². The van der Waals surface area contributed by atoms with Crippen molar-refractivity contribution in [3.05, 3.63) is 64.1 Å². The van der Waals surface area contributed by atoms with E-state index < -0.39 is 0 Å². The van der Waals surface area contributed by atoms with Crippen LogP contribution in [0.5, 0.6) is 0 Å². The standard InChI is InChI=1S/C17H19BrN2O/c1-12(2)20-16-6-4-3-5-15(16)17(21)19-11-13-7-9-14(18)10-8-13/h3-10,12,20H,11H2,1-2H3,(H,19,21). The van der Waals surface area contributed by atoms with Gasteiger partial charge in [-0.2, -0.15) is 0 Å². The highest BCUT2D eigenvalue weighted by Crippen LogP contribution is 2.16. The number of carbonyl (C=O) groups excluding carboxylic acids is 1. The van der Waals surface area contributed by atoms with E-state index in [1.165, 1.54) is 0 Å². The summed E-state index contributed by atoms with van der Waals surface area (Å²) in [7, 11) is 0. The molecule has 0 aliphatic rings. The second-order valence-corrected chi connectivity index (χ2v) is 6.07. The van der Waals surface area contributed by atoms with Crippen LogP contribution in [0.2, 0.25) is 0 Å².